The first-order chi connectivity index (χ1) is 10.7. The van der Waals surface area contributed by atoms with E-state index in [1.807, 2.05) is 0 Å². The van der Waals surface area contributed by atoms with E-state index >= 15 is 0 Å². The van der Waals surface area contributed by atoms with Crippen LogP contribution in [0.4, 0.5) is 8.78 Å². The highest BCUT2D eigenvalue weighted by Gasteiger charge is 2.23. The largest absolute Gasteiger partial charge is 0.395 e. The zero-order valence-electron chi connectivity index (χ0n) is 12.0. The third-order valence-electron chi connectivity index (χ3n) is 3.94. The molecule has 1 aromatic carbocycles. The van der Waals surface area contributed by atoms with Crippen LogP contribution < -0.4 is 0 Å². The molecule has 7 heteroatoms. The Balaban J connectivity index is 1.74. The first kappa shape index (κ1) is 15.1. The Morgan fingerprint density at radius 1 is 1.27 bits per heavy atom. The van der Waals surface area contributed by atoms with Crippen molar-refractivity contribution in [3.8, 4) is 11.4 Å². The van der Waals surface area contributed by atoms with Crippen molar-refractivity contribution in [3.05, 3.63) is 35.7 Å². The topological polar surface area (TPSA) is 62.4 Å². The van der Waals surface area contributed by atoms with E-state index in [2.05, 4.69) is 15.0 Å². The Kier molecular flexibility index (Phi) is 4.44. The lowest BCUT2D eigenvalue weighted by atomic mass is 10.0. The van der Waals surface area contributed by atoms with Gasteiger partial charge >= 0.3 is 0 Å². The van der Waals surface area contributed by atoms with Crippen LogP contribution in [0.25, 0.3) is 11.4 Å². The molecule has 0 spiro atoms. The van der Waals surface area contributed by atoms with Crippen LogP contribution in [0.3, 0.4) is 0 Å². The molecule has 22 heavy (non-hydrogen) atoms. The van der Waals surface area contributed by atoms with Gasteiger partial charge in [0.25, 0.3) is 0 Å². The zero-order chi connectivity index (χ0) is 15.5. The summed E-state index contributed by atoms with van der Waals surface area (Å²) in [5.74, 6) is -1.22. The molecule has 0 saturated carbocycles. The molecule has 1 atom stereocenters. The average molecular weight is 309 g/mol. The molecule has 0 amide bonds. The summed E-state index contributed by atoms with van der Waals surface area (Å²) in [6.07, 6.45) is 3.12. The van der Waals surface area contributed by atoms with Crippen molar-refractivity contribution in [1.82, 2.24) is 15.0 Å². The van der Waals surface area contributed by atoms with Gasteiger partial charge in [0.05, 0.1) is 13.2 Å². The van der Waals surface area contributed by atoms with Gasteiger partial charge in [-0.1, -0.05) is 11.6 Å². The second-order valence-electron chi connectivity index (χ2n) is 5.44. The van der Waals surface area contributed by atoms with Gasteiger partial charge in [-0.15, -0.1) is 0 Å². The number of piperidine rings is 1. The van der Waals surface area contributed by atoms with Crippen molar-refractivity contribution in [2.45, 2.75) is 31.8 Å². The minimum absolute atomic E-state index is 0.101. The van der Waals surface area contributed by atoms with Crippen LogP contribution >= 0.6 is 0 Å². The molecule has 118 valence electrons. The van der Waals surface area contributed by atoms with Gasteiger partial charge in [-0.05, 0) is 37.6 Å². The van der Waals surface area contributed by atoms with E-state index in [-0.39, 0.29) is 18.5 Å². The molecule has 1 aliphatic rings. The Labute approximate surface area is 126 Å². The van der Waals surface area contributed by atoms with E-state index in [9.17, 15) is 13.9 Å². The molecule has 0 radical (unpaired) electrons. The lowest BCUT2D eigenvalue weighted by molar-refractivity contribution is 0.0749. The van der Waals surface area contributed by atoms with Gasteiger partial charge in [-0.3, -0.25) is 4.90 Å². The molecular formula is C15H17F2N3O2. The summed E-state index contributed by atoms with van der Waals surface area (Å²) in [6.45, 7) is 1.42. The summed E-state index contributed by atoms with van der Waals surface area (Å²) < 4.78 is 31.4. The first-order valence-electron chi connectivity index (χ1n) is 7.30. The molecule has 1 aliphatic heterocycles. The second-order valence-corrected chi connectivity index (χ2v) is 5.44. The molecule has 0 bridgehead atoms. The molecule has 3 rings (SSSR count). The first-order valence-corrected chi connectivity index (χ1v) is 7.30. The summed E-state index contributed by atoms with van der Waals surface area (Å²) in [6, 6.07) is 3.59. The van der Waals surface area contributed by atoms with E-state index in [0.717, 1.165) is 37.9 Å². The molecule has 1 saturated heterocycles. The highest BCUT2D eigenvalue weighted by atomic mass is 19.2. The molecule has 2 aromatic rings. The molecule has 5 nitrogen and oxygen atoms in total. The summed E-state index contributed by atoms with van der Waals surface area (Å²) in [7, 11) is 0. The van der Waals surface area contributed by atoms with Gasteiger partial charge in [0.2, 0.25) is 11.7 Å². The van der Waals surface area contributed by atoms with Crippen LogP contribution in [-0.2, 0) is 6.54 Å². The van der Waals surface area contributed by atoms with Crippen LogP contribution in [0.1, 0.15) is 25.2 Å². The van der Waals surface area contributed by atoms with Crippen molar-refractivity contribution in [1.29, 1.82) is 0 Å². The third kappa shape index (κ3) is 3.15. The standard InChI is InChI=1S/C15H17F2N3O2/c16-12-5-4-10(7-13(12)17)15-18-14(22-19-15)8-20-6-2-1-3-11(20)9-21/h4-5,7,11,21H,1-3,6,8-9H2/t11-/m1/s1. The molecule has 1 fully saturated rings. The Morgan fingerprint density at radius 3 is 2.91 bits per heavy atom. The van der Waals surface area contributed by atoms with Gasteiger partial charge in [0.1, 0.15) is 0 Å². The lowest BCUT2D eigenvalue weighted by Gasteiger charge is -2.33. The van der Waals surface area contributed by atoms with Crippen LogP contribution in [0.5, 0.6) is 0 Å². The quantitative estimate of drug-likeness (QED) is 0.939. The monoisotopic (exact) mass is 309 g/mol. The maximum atomic E-state index is 13.2. The van der Waals surface area contributed by atoms with Crippen LogP contribution in [0.15, 0.2) is 22.7 Å². The van der Waals surface area contributed by atoms with E-state index in [1.165, 1.54) is 6.07 Å². The number of hydrogen-bond donors (Lipinski definition) is 1. The Morgan fingerprint density at radius 2 is 2.14 bits per heavy atom. The fraction of sp³-hybridized carbons (Fsp3) is 0.467. The van der Waals surface area contributed by atoms with Crippen molar-refractivity contribution in [2.24, 2.45) is 0 Å². The fourth-order valence-corrected chi connectivity index (χ4v) is 2.72. The molecule has 0 aliphatic carbocycles. The second kappa shape index (κ2) is 6.50. The number of aliphatic hydroxyl groups is 1. The van der Waals surface area contributed by atoms with Gasteiger partial charge in [0.15, 0.2) is 11.6 Å². The summed E-state index contributed by atoms with van der Waals surface area (Å²) in [4.78, 5) is 6.33. The summed E-state index contributed by atoms with van der Waals surface area (Å²) in [5, 5.41) is 13.2. The predicted octanol–water partition coefficient (Wildman–Crippen LogP) is 2.36. The highest BCUT2D eigenvalue weighted by Crippen LogP contribution is 2.21. The summed E-state index contributed by atoms with van der Waals surface area (Å²) in [5.41, 5.74) is 0.367. The smallest absolute Gasteiger partial charge is 0.241 e. The minimum atomic E-state index is -0.944. The number of nitrogens with zero attached hydrogens (tertiary/aromatic N) is 3. The zero-order valence-corrected chi connectivity index (χ0v) is 12.0. The molecule has 1 N–H and O–H groups in total. The summed E-state index contributed by atoms with van der Waals surface area (Å²) >= 11 is 0. The van der Waals surface area contributed by atoms with Gasteiger partial charge in [-0.2, -0.15) is 4.98 Å². The number of likely N-dealkylation sites (tertiary alicyclic amines) is 1. The van der Waals surface area contributed by atoms with Crippen molar-refractivity contribution in [3.63, 3.8) is 0 Å². The van der Waals surface area contributed by atoms with E-state index in [0.29, 0.717) is 18.0 Å². The van der Waals surface area contributed by atoms with Crippen LogP contribution in [0.2, 0.25) is 0 Å². The van der Waals surface area contributed by atoms with Gasteiger partial charge in [-0.25, -0.2) is 8.78 Å². The van der Waals surface area contributed by atoms with Crippen molar-refractivity contribution in [2.75, 3.05) is 13.2 Å². The Bertz CT molecular complexity index is 647. The molecule has 2 heterocycles. The van der Waals surface area contributed by atoms with Crippen LogP contribution in [0, 0.1) is 11.6 Å². The van der Waals surface area contributed by atoms with Gasteiger partial charge in [0, 0.05) is 11.6 Å². The molecular weight excluding hydrogens is 292 g/mol. The normalized spacial score (nSPS) is 19.5. The minimum Gasteiger partial charge on any atom is -0.395 e. The Hall–Kier alpha value is -1.86. The molecule has 0 unspecified atom stereocenters. The van der Waals surface area contributed by atoms with Crippen molar-refractivity contribution < 1.29 is 18.4 Å². The lowest BCUT2D eigenvalue weighted by Crippen LogP contribution is -2.41. The number of benzene rings is 1. The number of halogens is 2. The maximum absolute atomic E-state index is 13.2. The van der Waals surface area contributed by atoms with E-state index in [4.69, 9.17) is 4.52 Å². The average Bonchev–Trinajstić information content (AvgIpc) is 2.99. The van der Waals surface area contributed by atoms with Gasteiger partial charge < -0.3 is 9.63 Å². The number of aliphatic hydroxyl groups excluding tert-OH is 1. The predicted molar refractivity (Wildman–Crippen MR) is 74.8 cm³/mol. The van der Waals surface area contributed by atoms with E-state index < -0.39 is 11.6 Å². The third-order valence-corrected chi connectivity index (χ3v) is 3.94. The SMILES string of the molecule is OC[C@H]1CCCCN1Cc1nc(-c2ccc(F)c(F)c2)no1. The van der Waals surface area contributed by atoms with Crippen molar-refractivity contribution >= 4 is 0 Å². The van der Waals surface area contributed by atoms with E-state index in [1.54, 1.807) is 0 Å². The van der Waals surface area contributed by atoms with Crippen LogP contribution in [-0.4, -0.2) is 39.3 Å². The number of hydrogen-bond acceptors (Lipinski definition) is 5. The number of rotatable bonds is 4. The highest BCUT2D eigenvalue weighted by molar-refractivity contribution is 5.54. The molecule has 1 aromatic heterocycles. The maximum Gasteiger partial charge on any atom is 0.241 e. The number of aromatic nitrogens is 2. The fourth-order valence-electron chi connectivity index (χ4n) is 2.72.